The van der Waals surface area contributed by atoms with Gasteiger partial charge < -0.3 is 15.3 Å². The van der Waals surface area contributed by atoms with E-state index in [1.54, 1.807) is 13.0 Å². The molecule has 4 saturated carbocycles. The van der Waals surface area contributed by atoms with Crippen molar-refractivity contribution in [3.8, 4) is 0 Å². The fourth-order valence-electron chi connectivity index (χ4n) is 10.2. The van der Waals surface area contributed by atoms with Crippen LogP contribution in [0.15, 0.2) is 11.6 Å². The quantitative estimate of drug-likeness (QED) is 0.507. The summed E-state index contributed by atoms with van der Waals surface area (Å²) in [6.45, 7) is 13.6. The highest BCUT2D eigenvalue weighted by atomic mass is 16.3. The molecule has 0 saturated heterocycles. The lowest BCUT2D eigenvalue weighted by Crippen LogP contribution is -2.73. The van der Waals surface area contributed by atoms with Gasteiger partial charge in [0.25, 0.3) is 0 Å². The highest BCUT2D eigenvalue weighted by Crippen LogP contribution is 2.74. The van der Waals surface area contributed by atoms with Crippen molar-refractivity contribution in [1.29, 1.82) is 0 Å². The molecule has 5 rings (SSSR count). The monoisotopic (exact) mass is 500 g/mol. The van der Waals surface area contributed by atoms with Gasteiger partial charge in [-0.15, -0.1) is 0 Å². The largest absolute Gasteiger partial charge is 0.395 e. The minimum absolute atomic E-state index is 0.00889. The van der Waals surface area contributed by atoms with Crippen LogP contribution in [0, 0.1) is 50.2 Å². The predicted octanol–water partition coefficient (Wildman–Crippen LogP) is 3.65. The zero-order valence-electron chi connectivity index (χ0n) is 23.0. The number of fused-ring (bicyclic) bond motifs is 7. The Bertz CT molecular complexity index is 1080. The van der Waals surface area contributed by atoms with E-state index >= 15 is 0 Å². The lowest BCUT2D eigenvalue weighted by atomic mass is 9.32. The molecule has 3 unspecified atom stereocenters. The number of Topliss-reactive ketones (excluding diaryl/α,β-unsaturated/α-hetero) is 2. The van der Waals surface area contributed by atoms with E-state index in [0.717, 1.165) is 12.0 Å². The summed E-state index contributed by atoms with van der Waals surface area (Å²) < 4.78 is 0. The fourth-order valence-corrected chi connectivity index (χ4v) is 10.2. The topological polar surface area (TPSA) is 112 Å². The molecule has 5 aliphatic carbocycles. The van der Waals surface area contributed by atoms with Crippen LogP contribution in [0.4, 0.5) is 0 Å². The molecular formula is C30H44O6. The normalized spacial score (nSPS) is 54.1. The van der Waals surface area contributed by atoms with Crippen molar-refractivity contribution in [3.63, 3.8) is 0 Å². The van der Waals surface area contributed by atoms with E-state index in [4.69, 9.17) is 0 Å². The van der Waals surface area contributed by atoms with Crippen LogP contribution >= 0.6 is 0 Å². The van der Waals surface area contributed by atoms with E-state index in [1.165, 1.54) is 0 Å². The number of ketones is 3. The Labute approximate surface area is 214 Å². The third-order valence-electron chi connectivity index (χ3n) is 12.6. The second kappa shape index (κ2) is 7.39. The zero-order chi connectivity index (χ0) is 26.9. The Morgan fingerprint density at radius 2 is 1.56 bits per heavy atom. The first-order valence-corrected chi connectivity index (χ1v) is 13.7. The molecule has 0 aromatic carbocycles. The summed E-state index contributed by atoms with van der Waals surface area (Å²) in [6, 6.07) is 0. The zero-order valence-corrected chi connectivity index (χ0v) is 23.0. The summed E-state index contributed by atoms with van der Waals surface area (Å²) in [5, 5.41) is 34.1. The molecule has 10 atom stereocenters. The average molecular weight is 501 g/mol. The predicted molar refractivity (Wildman–Crippen MR) is 135 cm³/mol. The van der Waals surface area contributed by atoms with Gasteiger partial charge in [-0.25, -0.2) is 0 Å². The van der Waals surface area contributed by atoms with Crippen molar-refractivity contribution < 1.29 is 29.7 Å². The van der Waals surface area contributed by atoms with Gasteiger partial charge in [0.1, 0.15) is 11.6 Å². The van der Waals surface area contributed by atoms with Crippen molar-refractivity contribution >= 4 is 17.3 Å². The van der Waals surface area contributed by atoms with Gasteiger partial charge in [-0.1, -0.05) is 54.0 Å². The van der Waals surface area contributed by atoms with E-state index in [0.29, 0.717) is 32.1 Å². The first kappa shape index (κ1) is 26.2. The minimum Gasteiger partial charge on any atom is -0.395 e. The standard InChI is InChI=1S/C30H44O6/c1-25(2)12-17-16-10-18(32)24-26(3)9-8-20(33)28(5,15-31)19(26)11-21(34)30(24,7)29(16,6)23(36)14-27(17,4)22(35)13-25/h10,17,19,21,23-24,31,34,36H,8-9,11-15H2,1-7H3/t17?,19?,21-,23-,24?,26-,27+,28+,29-,30+/m0/s1. The third-order valence-corrected chi connectivity index (χ3v) is 12.6. The summed E-state index contributed by atoms with van der Waals surface area (Å²) in [7, 11) is 0. The van der Waals surface area contributed by atoms with Gasteiger partial charge >= 0.3 is 0 Å². The van der Waals surface area contributed by atoms with Gasteiger partial charge in [0, 0.05) is 35.0 Å². The fraction of sp³-hybridized carbons (Fsp3) is 0.833. The summed E-state index contributed by atoms with van der Waals surface area (Å²) in [6.07, 6.45) is 2.52. The second-order valence-corrected chi connectivity index (χ2v) is 14.9. The summed E-state index contributed by atoms with van der Waals surface area (Å²) in [5.41, 5.74) is -3.60. The molecule has 0 bridgehead atoms. The molecule has 0 aromatic heterocycles. The Morgan fingerprint density at radius 3 is 2.17 bits per heavy atom. The molecule has 0 amide bonds. The van der Waals surface area contributed by atoms with Gasteiger partial charge in [-0.3, -0.25) is 14.4 Å². The van der Waals surface area contributed by atoms with Crippen LogP contribution in [0.25, 0.3) is 0 Å². The summed E-state index contributed by atoms with van der Waals surface area (Å²) in [4.78, 5) is 40.7. The molecule has 0 radical (unpaired) electrons. The number of allylic oxidation sites excluding steroid dienone is 1. The molecule has 5 aliphatic rings. The van der Waals surface area contributed by atoms with Crippen LogP contribution in [-0.2, 0) is 14.4 Å². The molecule has 6 nitrogen and oxygen atoms in total. The molecular weight excluding hydrogens is 456 g/mol. The Kier molecular flexibility index (Phi) is 5.38. The second-order valence-electron chi connectivity index (χ2n) is 14.9. The maximum absolute atomic E-state index is 14.2. The number of aliphatic hydroxyl groups is 3. The van der Waals surface area contributed by atoms with Crippen LogP contribution in [0.2, 0.25) is 0 Å². The first-order chi connectivity index (χ1) is 16.4. The smallest absolute Gasteiger partial charge is 0.159 e. The van der Waals surface area contributed by atoms with Gasteiger partial charge in [-0.2, -0.15) is 0 Å². The van der Waals surface area contributed by atoms with Crippen molar-refractivity contribution in [1.82, 2.24) is 0 Å². The SMILES string of the molecule is CC1(C)CC(=O)[C@]2(C)C[C@H](O)[C@]3(C)C(=CC(=O)C4[C@@]5(C)CCC(=O)[C@](C)(CO)C5C[C@H](O)[C@]43C)C2C1. The van der Waals surface area contributed by atoms with Crippen LogP contribution in [0.5, 0.6) is 0 Å². The Hall–Kier alpha value is -1.37. The first-order valence-electron chi connectivity index (χ1n) is 13.7. The van der Waals surface area contributed by atoms with E-state index in [2.05, 4.69) is 20.8 Å². The lowest BCUT2D eigenvalue weighted by Gasteiger charge is -2.71. The molecule has 0 aliphatic heterocycles. The number of hydrogen-bond donors (Lipinski definition) is 3. The molecule has 0 heterocycles. The van der Waals surface area contributed by atoms with Crippen LogP contribution in [0.1, 0.15) is 87.0 Å². The molecule has 3 N–H and O–H groups in total. The van der Waals surface area contributed by atoms with E-state index in [-0.39, 0.29) is 41.2 Å². The number of carbonyl (C=O) groups excluding carboxylic acids is 3. The molecule has 6 heteroatoms. The Morgan fingerprint density at radius 1 is 0.917 bits per heavy atom. The van der Waals surface area contributed by atoms with Gasteiger partial charge in [0.2, 0.25) is 0 Å². The molecule has 0 spiro atoms. The minimum atomic E-state index is -1.01. The maximum atomic E-state index is 14.2. The number of rotatable bonds is 1. The summed E-state index contributed by atoms with van der Waals surface area (Å²) >= 11 is 0. The van der Waals surface area contributed by atoms with E-state index < -0.39 is 45.2 Å². The van der Waals surface area contributed by atoms with Crippen molar-refractivity contribution in [2.75, 3.05) is 6.61 Å². The van der Waals surface area contributed by atoms with Gasteiger partial charge in [0.05, 0.1) is 24.2 Å². The van der Waals surface area contributed by atoms with E-state index in [1.807, 2.05) is 20.8 Å². The average Bonchev–Trinajstić information content (AvgIpc) is 2.77. The van der Waals surface area contributed by atoms with Crippen molar-refractivity contribution in [2.24, 2.45) is 50.2 Å². The number of carbonyl (C=O) groups is 3. The molecule has 4 fully saturated rings. The van der Waals surface area contributed by atoms with Crippen LogP contribution < -0.4 is 0 Å². The van der Waals surface area contributed by atoms with Crippen LogP contribution in [-0.4, -0.2) is 51.5 Å². The molecule has 200 valence electrons. The molecule has 0 aromatic rings. The maximum Gasteiger partial charge on any atom is 0.159 e. The van der Waals surface area contributed by atoms with E-state index in [9.17, 15) is 29.7 Å². The van der Waals surface area contributed by atoms with Gasteiger partial charge in [-0.05, 0) is 54.4 Å². The lowest BCUT2D eigenvalue weighted by molar-refractivity contribution is -0.243. The van der Waals surface area contributed by atoms with Gasteiger partial charge in [0.15, 0.2) is 5.78 Å². The van der Waals surface area contributed by atoms with Crippen LogP contribution in [0.3, 0.4) is 0 Å². The highest BCUT2D eigenvalue weighted by Gasteiger charge is 2.75. The third kappa shape index (κ3) is 2.82. The number of hydrogen-bond acceptors (Lipinski definition) is 6. The summed E-state index contributed by atoms with van der Waals surface area (Å²) in [5.74, 6) is -1.04. The highest BCUT2D eigenvalue weighted by molar-refractivity contribution is 5.97. The van der Waals surface area contributed by atoms with Crippen molar-refractivity contribution in [3.05, 3.63) is 11.6 Å². The number of aliphatic hydroxyl groups excluding tert-OH is 3. The molecule has 36 heavy (non-hydrogen) atoms. The Balaban J connectivity index is 1.72. The van der Waals surface area contributed by atoms with Crippen molar-refractivity contribution in [2.45, 2.75) is 99.2 Å².